The Morgan fingerprint density at radius 3 is 2.58 bits per heavy atom. The summed E-state index contributed by atoms with van der Waals surface area (Å²) >= 11 is 0. The van der Waals surface area contributed by atoms with Gasteiger partial charge in [0.05, 0.1) is 11.6 Å². The number of aromatic nitrogens is 4. The molecule has 0 saturated heterocycles. The fraction of sp³-hybridized carbons (Fsp3) is 0.222. The summed E-state index contributed by atoms with van der Waals surface area (Å²) in [7, 11) is 0. The highest BCUT2D eigenvalue weighted by molar-refractivity contribution is 5.95. The maximum absolute atomic E-state index is 14.0. The number of carbonyl (C=O) groups is 1. The van der Waals surface area contributed by atoms with E-state index in [1.165, 1.54) is 19.2 Å². The third kappa shape index (κ3) is 5.10. The van der Waals surface area contributed by atoms with Crippen LogP contribution in [0.5, 0.6) is 5.75 Å². The van der Waals surface area contributed by atoms with E-state index in [1.807, 2.05) is 0 Å². The van der Waals surface area contributed by atoms with E-state index in [-0.39, 0.29) is 11.6 Å². The minimum Gasteiger partial charge on any atom is -0.435 e. The molecule has 0 aliphatic rings. The molecule has 164 valence electrons. The van der Waals surface area contributed by atoms with E-state index in [0.29, 0.717) is 12.1 Å². The van der Waals surface area contributed by atoms with E-state index in [0.717, 1.165) is 23.1 Å². The smallest absolute Gasteiger partial charge is 0.416 e. The first-order valence-electron chi connectivity index (χ1n) is 8.55. The van der Waals surface area contributed by atoms with E-state index in [2.05, 4.69) is 25.1 Å². The first-order chi connectivity index (χ1) is 14.6. The minimum absolute atomic E-state index is 0.0296. The number of amides is 1. The summed E-state index contributed by atoms with van der Waals surface area (Å²) in [5.74, 6) is -2.76. The molecule has 1 N–H and O–H groups in total. The molecular weight excluding hydrogens is 432 g/mol. The van der Waals surface area contributed by atoms with Gasteiger partial charge in [-0.25, -0.2) is 14.4 Å². The van der Waals surface area contributed by atoms with Crippen LogP contribution in [0.1, 0.15) is 34.7 Å². The Labute approximate surface area is 170 Å². The average Bonchev–Trinajstić information content (AvgIpc) is 3.16. The summed E-state index contributed by atoms with van der Waals surface area (Å²) in [6.45, 7) is -1.96. The fourth-order valence-electron chi connectivity index (χ4n) is 2.65. The van der Waals surface area contributed by atoms with E-state index in [4.69, 9.17) is 0 Å². The van der Waals surface area contributed by atoms with Crippen molar-refractivity contribution in [2.24, 2.45) is 0 Å². The van der Waals surface area contributed by atoms with Crippen LogP contribution < -0.4 is 10.1 Å². The summed E-state index contributed by atoms with van der Waals surface area (Å²) in [6, 6.07) is 3.10. The Morgan fingerprint density at radius 1 is 1.19 bits per heavy atom. The molecule has 0 radical (unpaired) electrons. The van der Waals surface area contributed by atoms with Crippen molar-refractivity contribution in [2.45, 2.75) is 25.8 Å². The number of ether oxygens (including phenoxy) is 1. The van der Waals surface area contributed by atoms with E-state index < -0.39 is 47.4 Å². The van der Waals surface area contributed by atoms with Gasteiger partial charge in [0.1, 0.15) is 12.1 Å². The normalized spacial score (nSPS) is 12.6. The molecule has 3 aromatic rings. The fourth-order valence-corrected chi connectivity index (χ4v) is 2.65. The Balaban J connectivity index is 1.89. The van der Waals surface area contributed by atoms with E-state index in [9.17, 15) is 31.1 Å². The lowest BCUT2D eigenvalue weighted by molar-refractivity contribution is -0.138. The second-order valence-corrected chi connectivity index (χ2v) is 6.16. The van der Waals surface area contributed by atoms with Crippen molar-refractivity contribution < 1.29 is 35.9 Å². The lowest BCUT2D eigenvalue weighted by Gasteiger charge is -2.16. The molecule has 1 atom stereocenters. The molecule has 2 aromatic heterocycles. The van der Waals surface area contributed by atoms with Gasteiger partial charge in [-0.3, -0.25) is 4.79 Å². The number of benzene rings is 1. The highest BCUT2D eigenvalue weighted by Crippen LogP contribution is 2.33. The van der Waals surface area contributed by atoms with Crippen LogP contribution in [0, 0.1) is 5.82 Å². The van der Waals surface area contributed by atoms with Crippen molar-refractivity contribution in [3.63, 3.8) is 0 Å². The van der Waals surface area contributed by atoms with Crippen LogP contribution in [0.4, 0.5) is 26.3 Å². The van der Waals surface area contributed by atoms with Crippen molar-refractivity contribution in [3.05, 3.63) is 65.6 Å². The first kappa shape index (κ1) is 22.1. The van der Waals surface area contributed by atoms with Crippen LogP contribution in [0.25, 0.3) is 5.82 Å². The number of nitrogens with one attached hydrogen (secondary N) is 1. The van der Waals surface area contributed by atoms with Gasteiger partial charge in [0, 0.05) is 11.8 Å². The number of alkyl halides is 5. The Morgan fingerprint density at radius 2 is 1.94 bits per heavy atom. The molecular formula is C18H13F6N5O2. The second kappa shape index (κ2) is 8.62. The molecule has 0 aliphatic heterocycles. The molecule has 0 fully saturated rings. The van der Waals surface area contributed by atoms with Crippen molar-refractivity contribution in [1.29, 1.82) is 0 Å². The number of nitrogens with zero attached hydrogens (tertiary/aromatic N) is 4. The Kier molecular flexibility index (Phi) is 6.13. The third-order valence-corrected chi connectivity index (χ3v) is 3.97. The maximum Gasteiger partial charge on any atom is 0.416 e. The summed E-state index contributed by atoms with van der Waals surface area (Å²) in [5.41, 5.74) is -1.92. The van der Waals surface area contributed by atoms with Crippen LogP contribution in [0.3, 0.4) is 0 Å². The molecule has 1 unspecified atom stereocenters. The highest BCUT2D eigenvalue weighted by atomic mass is 19.4. The molecule has 0 bridgehead atoms. The number of hydrogen-bond acceptors (Lipinski definition) is 5. The van der Waals surface area contributed by atoms with Gasteiger partial charge in [-0.05, 0) is 37.3 Å². The molecule has 2 heterocycles. The monoisotopic (exact) mass is 445 g/mol. The first-order valence-corrected chi connectivity index (χ1v) is 8.55. The molecule has 0 saturated carbocycles. The number of halogens is 6. The van der Waals surface area contributed by atoms with Crippen molar-refractivity contribution in [3.8, 4) is 11.6 Å². The molecule has 0 aliphatic carbocycles. The van der Waals surface area contributed by atoms with Crippen molar-refractivity contribution in [2.75, 3.05) is 0 Å². The second-order valence-electron chi connectivity index (χ2n) is 6.16. The van der Waals surface area contributed by atoms with Gasteiger partial charge in [-0.15, -0.1) is 0 Å². The van der Waals surface area contributed by atoms with Crippen LogP contribution in [0.2, 0.25) is 0 Å². The number of carbonyl (C=O) groups excluding carboxylic acids is 1. The Bertz CT molecular complexity index is 1090. The highest BCUT2D eigenvalue weighted by Gasteiger charge is 2.32. The van der Waals surface area contributed by atoms with Crippen molar-refractivity contribution >= 4 is 5.91 Å². The SMILES string of the molecule is CC(NC(=O)c1cc(OC(F)F)cc(C(F)(F)F)c1)c1ncnn1-c1ncccc1F. The van der Waals surface area contributed by atoms with Crippen LogP contribution in [-0.2, 0) is 6.18 Å². The predicted molar refractivity (Wildman–Crippen MR) is 93.1 cm³/mol. The molecule has 31 heavy (non-hydrogen) atoms. The number of pyridine rings is 1. The van der Waals surface area contributed by atoms with Gasteiger partial charge in [0.2, 0.25) is 0 Å². The molecule has 0 spiro atoms. The summed E-state index contributed by atoms with van der Waals surface area (Å²) in [4.78, 5) is 20.3. The predicted octanol–water partition coefficient (Wildman–Crippen LogP) is 3.91. The summed E-state index contributed by atoms with van der Waals surface area (Å²) in [5, 5.41) is 6.21. The van der Waals surface area contributed by atoms with Gasteiger partial charge in [0.15, 0.2) is 17.5 Å². The lowest BCUT2D eigenvalue weighted by atomic mass is 10.1. The molecule has 13 heteroatoms. The zero-order valence-corrected chi connectivity index (χ0v) is 15.6. The maximum atomic E-state index is 14.0. The van der Waals surface area contributed by atoms with E-state index >= 15 is 0 Å². The summed E-state index contributed by atoms with van der Waals surface area (Å²) < 4.78 is 83.2. The molecule has 7 nitrogen and oxygen atoms in total. The topological polar surface area (TPSA) is 81.9 Å². The average molecular weight is 445 g/mol. The zero-order chi connectivity index (χ0) is 22.8. The van der Waals surface area contributed by atoms with Crippen LogP contribution in [-0.4, -0.2) is 32.3 Å². The van der Waals surface area contributed by atoms with Crippen LogP contribution in [0.15, 0.2) is 42.9 Å². The number of hydrogen-bond donors (Lipinski definition) is 1. The third-order valence-electron chi connectivity index (χ3n) is 3.97. The lowest BCUT2D eigenvalue weighted by Crippen LogP contribution is -2.29. The quantitative estimate of drug-likeness (QED) is 0.582. The zero-order valence-electron chi connectivity index (χ0n) is 15.6. The largest absolute Gasteiger partial charge is 0.435 e. The summed E-state index contributed by atoms with van der Waals surface area (Å²) in [6.07, 6.45) is -2.52. The molecule has 3 rings (SSSR count). The van der Waals surface area contributed by atoms with Crippen molar-refractivity contribution in [1.82, 2.24) is 25.1 Å². The van der Waals surface area contributed by atoms with Gasteiger partial charge in [-0.2, -0.15) is 31.7 Å². The van der Waals surface area contributed by atoms with Gasteiger partial charge in [-0.1, -0.05) is 0 Å². The Hall–Kier alpha value is -3.64. The van der Waals surface area contributed by atoms with Gasteiger partial charge >= 0.3 is 12.8 Å². The van der Waals surface area contributed by atoms with E-state index in [1.54, 1.807) is 0 Å². The molecule has 1 amide bonds. The minimum atomic E-state index is -4.90. The van der Waals surface area contributed by atoms with Gasteiger partial charge in [0.25, 0.3) is 5.91 Å². The number of rotatable bonds is 6. The molecule has 1 aromatic carbocycles. The van der Waals surface area contributed by atoms with Crippen LogP contribution >= 0.6 is 0 Å². The standard InChI is InChI=1S/C18H13F6N5O2/c1-9(14-26-8-27-29(14)15-13(19)3-2-4-25-15)28-16(30)10-5-11(18(22,23)24)7-12(6-10)31-17(20)21/h2-9,17H,1H3,(H,28,30). The van der Waals surface area contributed by atoms with Gasteiger partial charge < -0.3 is 10.1 Å².